The second-order valence-corrected chi connectivity index (χ2v) is 4.18. The third-order valence-corrected chi connectivity index (χ3v) is 2.57. The van der Waals surface area contributed by atoms with Crippen LogP contribution in [0, 0.1) is 0 Å². The Kier molecular flexibility index (Phi) is 3.42. The molecule has 0 spiro atoms. The van der Waals surface area contributed by atoms with Crippen molar-refractivity contribution < 1.29 is 14.3 Å². The van der Waals surface area contributed by atoms with Gasteiger partial charge in [0.25, 0.3) is 5.91 Å². The molecule has 0 bridgehead atoms. The van der Waals surface area contributed by atoms with Crippen LogP contribution in [0.25, 0.3) is 0 Å². The number of carbonyl (C=O) groups is 2. The van der Waals surface area contributed by atoms with Crippen molar-refractivity contribution in [2.24, 2.45) is 0 Å². The van der Waals surface area contributed by atoms with E-state index in [1.54, 1.807) is 24.3 Å². The van der Waals surface area contributed by atoms with Gasteiger partial charge in [-0.05, 0) is 31.9 Å². The summed E-state index contributed by atoms with van der Waals surface area (Å²) >= 11 is 0. The SMILES string of the molecule is CC(=O)c1ccccc1OCC(=O)NC1CC1. The summed E-state index contributed by atoms with van der Waals surface area (Å²) in [6, 6.07) is 7.26. The van der Waals surface area contributed by atoms with E-state index < -0.39 is 0 Å². The van der Waals surface area contributed by atoms with Gasteiger partial charge in [0.15, 0.2) is 12.4 Å². The minimum Gasteiger partial charge on any atom is -0.483 e. The zero-order valence-electron chi connectivity index (χ0n) is 9.73. The molecule has 1 aromatic rings. The highest BCUT2D eigenvalue weighted by Crippen LogP contribution is 2.20. The summed E-state index contributed by atoms with van der Waals surface area (Å²) in [5, 5.41) is 2.82. The van der Waals surface area contributed by atoms with Gasteiger partial charge in [0, 0.05) is 6.04 Å². The molecule has 0 radical (unpaired) electrons. The van der Waals surface area contributed by atoms with Gasteiger partial charge in [0.1, 0.15) is 5.75 Å². The van der Waals surface area contributed by atoms with E-state index in [1.165, 1.54) is 6.92 Å². The normalized spacial score (nSPS) is 14.2. The highest BCUT2D eigenvalue weighted by molar-refractivity contribution is 5.96. The van der Waals surface area contributed by atoms with Crippen molar-refractivity contribution >= 4 is 11.7 Å². The van der Waals surface area contributed by atoms with E-state index in [1.807, 2.05) is 0 Å². The van der Waals surface area contributed by atoms with Gasteiger partial charge in [-0.2, -0.15) is 0 Å². The van der Waals surface area contributed by atoms with Crippen molar-refractivity contribution in [3.8, 4) is 5.75 Å². The first kappa shape index (κ1) is 11.6. The number of benzene rings is 1. The number of carbonyl (C=O) groups excluding carboxylic acids is 2. The number of nitrogens with one attached hydrogen (secondary N) is 1. The van der Waals surface area contributed by atoms with Gasteiger partial charge in [-0.1, -0.05) is 12.1 Å². The summed E-state index contributed by atoms with van der Waals surface area (Å²) in [6.07, 6.45) is 2.10. The van der Waals surface area contributed by atoms with E-state index >= 15 is 0 Å². The van der Waals surface area contributed by atoms with Gasteiger partial charge in [-0.15, -0.1) is 0 Å². The van der Waals surface area contributed by atoms with Crippen molar-refractivity contribution in [3.63, 3.8) is 0 Å². The summed E-state index contributed by atoms with van der Waals surface area (Å²) in [7, 11) is 0. The molecule has 1 saturated carbocycles. The first-order valence-corrected chi connectivity index (χ1v) is 5.69. The topological polar surface area (TPSA) is 55.4 Å². The Balaban J connectivity index is 1.93. The lowest BCUT2D eigenvalue weighted by atomic mass is 10.1. The molecule has 0 aromatic heterocycles. The quantitative estimate of drug-likeness (QED) is 0.785. The van der Waals surface area contributed by atoms with Crippen molar-refractivity contribution in [3.05, 3.63) is 29.8 Å². The lowest BCUT2D eigenvalue weighted by Gasteiger charge is -2.09. The fraction of sp³-hybridized carbons (Fsp3) is 0.385. The van der Waals surface area contributed by atoms with Crippen LogP contribution in [-0.4, -0.2) is 24.3 Å². The van der Waals surface area contributed by atoms with Gasteiger partial charge < -0.3 is 10.1 Å². The molecule has 2 rings (SSSR count). The number of Topliss-reactive ketones (excluding diaryl/α,β-unsaturated/α-hetero) is 1. The zero-order chi connectivity index (χ0) is 12.3. The predicted molar refractivity (Wildman–Crippen MR) is 63.1 cm³/mol. The van der Waals surface area contributed by atoms with Gasteiger partial charge >= 0.3 is 0 Å². The van der Waals surface area contributed by atoms with Crippen LogP contribution in [0.5, 0.6) is 5.75 Å². The van der Waals surface area contributed by atoms with E-state index in [-0.39, 0.29) is 18.3 Å². The smallest absolute Gasteiger partial charge is 0.258 e. The number of ether oxygens (including phenoxy) is 1. The Labute approximate surface area is 100.0 Å². The highest BCUT2D eigenvalue weighted by atomic mass is 16.5. The molecule has 0 atom stereocenters. The van der Waals surface area contributed by atoms with Crippen LogP contribution in [0.2, 0.25) is 0 Å². The number of para-hydroxylation sites is 1. The monoisotopic (exact) mass is 233 g/mol. The maximum Gasteiger partial charge on any atom is 0.258 e. The van der Waals surface area contributed by atoms with Crippen LogP contribution in [-0.2, 0) is 4.79 Å². The van der Waals surface area contributed by atoms with Crippen LogP contribution >= 0.6 is 0 Å². The number of rotatable bonds is 5. The van der Waals surface area contributed by atoms with Crippen LogP contribution in [0.1, 0.15) is 30.1 Å². The molecule has 1 aliphatic rings. The minimum absolute atomic E-state index is 0.0409. The molecule has 90 valence electrons. The lowest BCUT2D eigenvalue weighted by Crippen LogP contribution is -2.30. The Morgan fingerprint density at radius 2 is 2.06 bits per heavy atom. The third-order valence-electron chi connectivity index (χ3n) is 2.57. The Bertz CT molecular complexity index is 438. The molecule has 1 aromatic carbocycles. The lowest BCUT2D eigenvalue weighted by molar-refractivity contribution is -0.123. The number of amides is 1. The molecule has 1 amide bonds. The van der Waals surface area contributed by atoms with Gasteiger partial charge in [0.2, 0.25) is 0 Å². The maximum absolute atomic E-state index is 11.4. The molecule has 1 N–H and O–H groups in total. The maximum atomic E-state index is 11.4. The first-order chi connectivity index (χ1) is 8.16. The second-order valence-electron chi connectivity index (χ2n) is 4.18. The Morgan fingerprint density at radius 1 is 1.35 bits per heavy atom. The molecular formula is C13H15NO3. The minimum atomic E-state index is -0.133. The molecule has 1 fully saturated rings. The molecule has 0 heterocycles. The summed E-state index contributed by atoms with van der Waals surface area (Å²) < 4.78 is 5.36. The molecule has 0 unspecified atom stereocenters. The zero-order valence-corrected chi connectivity index (χ0v) is 9.73. The Hall–Kier alpha value is -1.84. The van der Waals surface area contributed by atoms with Crippen LogP contribution in [0.4, 0.5) is 0 Å². The van der Waals surface area contributed by atoms with Crippen molar-refractivity contribution in [2.75, 3.05) is 6.61 Å². The number of hydrogen-bond acceptors (Lipinski definition) is 3. The molecule has 1 aliphatic carbocycles. The summed E-state index contributed by atoms with van der Waals surface area (Å²) in [5.41, 5.74) is 0.506. The molecule has 17 heavy (non-hydrogen) atoms. The van der Waals surface area contributed by atoms with Gasteiger partial charge in [0.05, 0.1) is 5.56 Å². The molecule has 4 nitrogen and oxygen atoms in total. The first-order valence-electron chi connectivity index (χ1n) is 5.69. The predicted octanol–water partition coefficient (Wildman–Crippen LogP) is 1.55. The fourth-order valence-corrected chi connectivity index (χ4v) is 1.52. The average molecular weight is 233 g/mol. The van der Waals surface area contributed by atoms with Crippen molar-refractivity contribution in [1.29, 1.82) is 0 Å². The van der Waals surface area contributed by atoms with Crippen molar-refractivity contribution in [1.82, 2.24) is 5.32 Å². The van der Waals surface area contributed by atoms with Gasteiger partial charge in [-0.25, -0.2) is 0 Å². The van der Waals surface area contributed by atoms with Crippen LogP contribution in [0.15, 0.2) is 24.3 Å². The Morgan fingerprint density at radius 3 is 2.71 bits per heavy atom. The second kappa shape index (κ2) is 4.99. The molecular weight excluding hydrogens is 218 g/mol. The highest BCUT2D eigenvalue weighted by Gasteiger charge is 2.23. The van der Waals surface area contributed by atoms with E-state index in [9.17, 15) is 9.59 Å². The third kappa shape index (κ3) is 3.31. The van der Waals surface area contributed by atoms with Crippen LogP contribution in [0.3, 0.4) is 0 Å². The summed E-state index contributed by atoms with van der Waals surface area (Å²) in [6.45, 7) is 1.44. The standard InChI is InChI=1S/C13H15NO3/c1-9(15)11-4-2-3-5-12(11)17-8-13(16)14-10-6-7-10/h2-5,10H,6-8H2,1H3,(H,14,16). The largest absolute Gasteiger partial charge is 0.483 e. The average Bonchev–Trinajstić information content (AvgIpc) is 3.10. The van der Waals surface area contributed by atoms with E-state index in [2.05, 4.69) is 5.32 Å². The summed E-state index contributed by atoms with van der Waals surface area (Å²) in [4.78, 5) is 22.7. The molecule has 4 heteroatoms. The van der Waals surface area contributed by atoms with E-state index in [0.29, 0.717) is 17.4 Å². The number of ketones is 1. The van der Waals surface area contributed by atoms with Crippen molar-refractivity contribution in [2.45, 2.75) is 25.8 Å². The molecule has 0 saturated heterocycles. The van der Waals surface area contributed by atoms with Crippen LogP contribution < -0.4 is 10.1 Å². The fourth-order valence-electron chi connectivity index (χ4n) is 1.52. The molecule has 0 aliphatic heterocycles. The van der Waals surface area contributed by atoms with E-state index in [0.717, 1.165) is 12.8 Å². The van der Waals surface area contributed by atoms with E-state index in [4.69, 9.17) is 4.74 Å². The van der Waals surface area contributed by atoms with Gasteiger partial charge in [-0.3, -0.25) is 9.59 Å². The number of hydrogen-bond donors (Lipinski definition) is 1. The summed E-state index contributed by atoms with van der Waals surface area (Å²) in [5.74, 6) is 0.264.